The molecule has 3 saturated heterocycles. The molecule has 1 aromatic heterocycles. The van der Waals surface area contributed by atoms with Crippen molar-refractivity contribution in [2.75, 3.05) is 31.2 Å². The van der Waals surface area contributed by atoms with E-state index in [9.17, 15) is 24.9 Å². The number of benzene rings is 4. The number of halogens is 1. The standard InChI is InChI=1S/C55H54FN7O9/c56-47-30-42(19-20-43(47)32-57)53-45(33-58)54(63-26-24-44(25-27-63)70-55(66)60-34-38-14-12-37(13-15-38)16-22-49(64)61-71-51-10-4-6-28-67-51)59-35-46(53)41-18-17-40(48(31-41)69-36-39-8-2-1-3-9-39)21-23-50(65)62-72-52-11-5-7-29-68-52/h1-3,8-9,12-23,30-31,35,44,51-52H,4-7,10-11,24-29,34,36H2,(H,60,66)(H,61,64)(H,62,65)/b22-16+,23-21+. The molecular formula is C55H54FN7O9. The molecule has 2 atom stereocenters. The van der Waals surface area contributed by atoms with Gasteiger partial charge >= 0.3 is 6.09 Å². The predicted molar refractivity (Wildman–Crippen MR) is 264 cm³/mol. The van der Waals surface area contributed by atoms with E-state index in [1.807, 2.05) is 65.6 Å². The van der Waals surface area contributed by atoms with Gasteiger partial charge < -0.3 is 29.2 Å². The van der Waals surface area contributed by atoms with Crippen LogP contribution >= 0.6 is 0 Å². The van der Waals surface area contributed by atoms with Crippen LogP contribution in [0, 0.1) is 28.5 Å². The summed E-state index contributed by atoms with van der Waals surface area (Å²) in [5, 5.41) is 23.2. The number of ether oxygens (including phenoxy) is 4. The van der Waals surface area contributed by atoms with Crippen molar-refractivity contribution in [1.82, 2.24) is 21.3 Å². The van der Waals surface area contributed by atoms with Gasteiger partial charge in [0.15, 0.2) is 12.6 Å². The largest absolute Gasteiger partial charge is 0.488 e. The number of carbonyl (C=O) groups excluding carboxylic acids is 3. The second-order valence-corrected chi connectivity index (χ2v) is 17.3. The van der Waals surface area contributed by atoms with Crippen molar-refractivity contribution in [2.45, 2.75) is 83.2 Å². The summed E-state index contributed by atoms with van der Waals surface area (Å²) in [7, 11) is 0. The molecular weight excluding hydrogens is 922 g/mol. The number of carbonyl (C=O) groups is 3. The summed E-state index contributed by atoms with van der Waals surface area (Å²) in [6.07, 6.45) is 11.8. The molecule has 16 nitrogen and oxygen atoms in total. The molecule has 72 heavy (non-hydrogen) atoms. The van der Waals surface area contributed by atoms with Crippen LogP contribution < -0.4 is 25.9 Å². The molecule has 0 radical (unpaired) electrons. The van der Waals surface area contributed by atoms with E-state index in [1.54, 1.807) is 42.6 Å². The highest BCUT2D eigenvalue weighted by Gasteiger charge is 2.28. The average Bonchev–Trinajstić information content (AvgIpc) is 3.42. The van der Waals surface area contributed by atoms with Crippen molar-refractivity contribution in [1.29, 1.82) is 10.5 Å². The second kappa shape index (κ2) is 25.3. The van der Waals surface area contributed by atoms with E-state index < -0.39 is 42.4 Å². The Balaban J connectivity index is 0.944. The lowest BCUT2D eigenvalue weighted by atomic mass is 9.90. The Hall–Kier alpha value is -7.93. The maximum Gasteiger partial charge on any atom is 0.407 e. The van der Waals surface area contributed by atoms with Crippen LogP contribution in [0.3, 0.4) is 0 Å². The summed E-state index contributed by atoms with van der Waals surface area (Å²) in [5.74, 6) is -0.848. The molecule has 0 saturated carbocycles. The van der Waals surface area contributed by atoms with Crippen LogP contribution in [0.2, 0.25) is 0 Å². The lowest BCUT2D eigenvalue weighted by Crippen LogP contribution is -2.40. The lowest BCUT2D eigenvalue weighted by molar-refractivity contribution is -0.198. The highest BCUT2D eigenvalue weighted by atomic mass is 19.1. The summed E-state index contributed by atoms with van der Waals surface area (Å²) in [5.41, 5.74) is 9.81. The number of hydrogen-bond acceptors (Lipinski definition) is 13. The van der Waals surface area contributed by atoms with Gasteiger partial charge in [0.25, 0.3) is 11.8 Å². The van der Waals surface area contributed by atoms with Gasteiger partial charge in [0, 0.05) is 93.6 Å². The maximum absolute atomic E-state index is 15.4. The fourth-order valence-electron chi connectivity index (χ4n) is 8.39. The lowest BCUT2D eigenvalue weighted by Gasteiger charge is -2.33. The summed E-state index contributed by atoms with van der Waals surface area (Å²) in [4.78, 5) is 55.5. The Labute approximate surface area is 416 Å². The van der Waals surface area contributed by atoms with Gasteiger partial charge in [-0.3, -0.25) is 9.59 Å². The maximum atomic E-state index is 15.4. The van der Waals surface area contributed by atoms with Crippen LogP contribution in [0.1, 0.15) is 84.7 Å². The topological polar surface area (TPSA) is 206 Å². The molecule has 3 aliphatic rings. The third-order valence-electron chi connectivity index (χ3n) is 12.2. The number of nitrogens with zero attached hydrogens (tertiary/aromatic N) is 4. The van der Waals surface area contributed by atoms with Gasteiger partial charge in [0.05, 0.1) is 5.56 Å². The highest BCUT2D eigenvalue weighted by molar-refractivity contribution is 5.93. The Morgan fingerprint density at radius 3 is 2.08 bits per heavy atom. The minimum Gasteiger partial charge on any atom is -0.488 e. The SMILES string of the molecule is N#Cc1ccc(-c2c(-c3ccc(/C=C/C(=O)NOC4CCCCO4)c(OCc4ccccc4)c3)cnc(N3CCC(OC(=O)NCc4ccc(/C=C/C(=O)NOC5CCCCO5)cc4)CC3)c2C#N)cc1F. The van der Waals surface area contributed by atoms with E-state index in [0.29, 0.717) is 85.0 Å². The monoisotopic (exact) mass is 975 g/mol. The molecule has 3 aliphatic heterocycles. The molecule has 0 aliphatic carbocycles. The first-order chi connectivity index (χ1) is 35.2. The Morgan fingerprint density at radius 2 is 1.44 bits per heavy atom. The van der Waals surface area contributed by atoms with E-state index in [4.69, 9.17) is 33.6 Å². The minimum absolute atomic E-state index is 0.145. The number of alkyl carbamates (subject to hydrolysis) is 1. The second-order valence-electron chi connectivity index (χ2n) is 17.3. The van der Waals surface area contributed by atoms with Crippen LogP contribution in [0.25, 0.3) is 34.4 Å². The molecule has 3 N–H and O–H groups in total. The zero-order chi connectivity index (χ0) is 50.1. The normalized spacial score (nSPS) is 17.2. The Bertz CT molecular complexity index is 2830. The number of hydrogen-bond donors (Lipinski definition) is 3. The van der Waals surface area contributed by atoms with E-state index in [2.05, 4.69) is 22.3 Å². The van der Waals surface area contributed by atoms with Gasteiger partial charge in [0.2, 0.25) is 0 Å². The van der Waals surface area contributed by atoms with E-state index in [0.717, 1.165) is 48.8 Å². The van der Waals surface area contributed by atoms with Crippen molar-refractivity contribution in [3.63, 3.8) is 0 Å². The van der Waals surface area contributed by atoms with Gasteiger partial charge in [-0.05, 0) is 83.9 Å². The number of rotatable bonds is 17. The number of anilines is 1. The fraction of sp³-hybridized carbons (Fsp3) is 0.309. The quantitative estimate of drug-likeness (QED) is 0.0589. The molecule has 5 aromatic rings. The average molecular weight is 976 g/mol. The van der Waals surface area contributed by atoms with Crippen molar-refractivity contribution in [3.8, 4) is 40.1 Å². The van der Waals surface area contributed by atoms with E-state index in [1.165, 1.54) is 24.3 Å². The first-order valence-corrected chi connectivity index (χ1v) is 24.0. The zero-order valence-electron chi connectivity index (χ0n) is 39.5. The Morgan fingerprint density at radius 1 is 0.764 bits per heavy atom. The van der Waals surface area contributed by atoms with E-state index >= 15 is 4.39 Å². The number of nitrogens with one attached hydrogen (secondary N) is 3. The minimum atomic E-state index is -0.744. The molecule has 4 aromatic carbocycles. The highest BCUT2D eigenvalue weighted by Crippen LogP contribution is 2.41. The van der Waals surface area contributed by atoms with Gasteiger partial charge in [0.1, 0.15) is 47.8 Å². The summed E-state index contributed by atoms with van der Waals surface area (Å²) >= 11 is 0. The summed E-state index contributed by atoms with van der Waals surface area (Å²) in [6.45, 7) is 2.41. The molecule has 0 spiro atoms. The summed E-state index contributed by atoms with van der Waals surface area (Å²) < 4.78 is 38.6. The number of hydroxylamine groups is 2. The molecule has 4 heterocycles. The smallest absolute Gasteiger partial charge is 0.407 e. The van der Waals surface area contributed by atoms with Gasteiger partial charge in [-0.15, -0.1) is 0 Å². The first-order valence-electron chi connectivity index (χ1n) is 24.0. The molecule has 8 rings (SSSR count). The number of nitriles is 2. The predicted octanol–water partition coefficient (Wildman–Crippen LogP) is 8.95. The van der Waals surface area contributed by atoms with Crippen molar-refractivity contribution < 1.29 is 47.4 Å². The number of aromatic nitrogens is 1. The van der Waals surface area contributed by atoms with Crippen LogP contribution in [0.15, 0.2) is 109 Å². The fourth-order valence-corrected chi connectivity index (χ4v) is 8.39. The van der Waals surface area contributed by atoms with Crippen LogP contribution in [0.5, 0.6) is 5.75 Å². The van der Waals surface area contributed by atoms with Crippen LogP contribution in [-0.4, -0.2) is 67.9 Å². The van der Waals surface area contributed by atoms with Crippen LogP contribution in [0.4, 0.5) is 15.0 Å². The molecule has 3 amide bonds. The third-order valence-corrected chi connectivity index (χ3v) is 12.2. The Kier molecular flexibility index (Phi) is 17.7. The van der Waals surface area contributed by atoms with Crippen molar-refractivity contribution in [2.24, 2.45) is 0 Å². The summed E-state index contributed by atoms with van der Waals surface area (Å²) in [6, 6.07) is 30.7. The molecule has 17 heteroatoms. The van der Waals surface area contributed by atoms with Gasteiger partial charge in [-0.1, -0.05) is 72.8 Å². The van der Waals surface area contributed by atoms with E-state index in [-0.39, 0.29) is 24.3 Å². The molecule has 3 fully saturated rings. The number of amides is 3. The van der Waals surface area contributed by atoms with Crippen molar-refractivity contribution in [3.05, 3.63) is 149 Å². The zero-order valence-corrected chi connectivity index (χ0v) is 39.5. The first kappa shape index (κ1) is 50.5. The van der Waals surface area contributed by atoms with Gasteiger partial charge in [-0.2, -0.15) is 10.5 Å². The van der Waals surface area contributed by atoms with Crippen molar-refractivity contribution >= 4 is 35.9 Å². The molecule has 370 valence electrons. The molecule has 0 bridgehead atoms. The number of piperidine rings is 1. The molecule has 2 unspecified atom stereocenters. The third kappa shape index (κ3) is 13.9. The van der Waals surface area contributed by atoms with Gasteiger partial charge in [-0.25, -0.2) is 34.8 Å². The number of pyridine rings is 1. The van der Waals surface area contributed by atoms with Crippen LogP contribution in [-0.2, 0) is 46.6 Å².